The standard InChI is InChI=1S/C15H11N3O3/c19-14(9-1-3-10(4-2-9)15(20)21)18-11-5-6-12-13(7-11)17-8-16-12/h1-8H,(H,16,17)(H,18,19)(H,20,21). The minimum Gasteiger partial charge on any atom is -0.478 e. The summed E-state index contributed by atoms with van der Waals surface area (Å²) in [5.74, 6) is -1.32. The molecule has 0 atom stereocenters. The number of carboxylic acids is 1. The maximum atomic E-state index is 12.1. The van der Waals surface area contributed by atoms with Gasteiger partial charge in [-0.25, -0.2) is 9.78 Å². The van der Waals surface area contributed by atoms with Gasteiger partial charge >= 0.3 is 5.97 Å². The quantitative estimate of drug-likeness (QED) is 0.687. The van der Waals surface area contributed by atoms with Crippen molar-refractivity contribution in [2.45, 2.75) is 0 Å². The van der Waals surface area contributed by atoms with E-state index in [1.165, 1.54) is 24.3 Å². The van der Waals surface area contributed by atoms with Gasteiger partial charge in [0.05, 0.1) is 22.9 Å². The van der Waals surface area contributed by atoms with Gasteiger partial charge in [-0.05, 0) is 42.5 Å². The number of anilines is 1. The first-order valence-corrected chi connectivity index (χ1v) is 6.21. The Morgan fingerprint density at radius 1 is 1.05 bits per heavy atom. The molecule has 0 unspecified atom stereocenters. The number of aromatic nitrogens is 2. The summed E-state index contributed by atoms with van der Waals surface area (Å²) in [7, 11) is 0. The third-order valence-electron chi connectivity index (χ3n) is 3.07. The van der Waals surface area contributed by atoms with Crippen molar-refractivity contribution in [1.29, 1.82) is 0 Å². The van der Waals surface area contributed by atoms with Crippen LogP contribution in [0.3, 0.4) is 0 Å². The van der Waals surface area contributed by atoms with E-state index < -0.39 is 5.97 Å². The third-order valence-corrected chi connectivity index (χ3v) is 3.07. The molecule has 6 nitrogen and oxygen atoms in total. The largest absolute Gasteiger partial charge is 0.478 e. The lowest BCUT2D eigenvalue weighted by molar-refractivity contribution is 0.0696. The number of hydrogen-bond acceptors (Lipinski definition) is 3. The van der Waals surface area contributed by atoms with Crippen LogP contribution in [0.25, 0.3) is 11.0 Å². The maximum Gasteiger partial charge on any atom is 0.335 e. The number of fused-ring (bicyclic) bond motifs is 1. The molecule has 0 aliphatic rings. The fraction of sp³-hybridized carbons (Fsp3) is 0. The zero-order chi connectivity index (χ0) is 14.8. The lowest BCUT2D eigenvalue weighted by Crippen LogP contribution is -2.12. The highest BCUT2D eigenvalue weighted by atomic mass is 16.4. The van der Waals surface area contributed by atoms with Gasteiger partial charge in [-0.2, -0.15) is 0 Å². The molecule has 0 aliphatic heterocycles. The molecule has 1 amide bonds. The van der Waals surface area contributed by atoms with Crippen molar-refractivity contribution < 1.29 is 14.7 Å². The maximum absolute atomic E-state index is 12.1. The van der Waals surface area contributed by atoms with Gasteiger partial charge in [-0.15, -0.1) is 0 Å². The van der Waals surface area contributed by atoms with Gasteiger partial charge < -0.3 is 15.4 Å². The van der Waals surface area contributed by atoms with Crippen LogP contribution in [0.2, 0.25) is 0 Å². The Hall–Kier alpha value is -3.15. The number of amides is 1. The Labute approximate surface area is 119 Å². The van der Waals surface area contributed by atoms with Crippen molar-refractivity contribution in [1.82, 2.24) is 9.97 Å². The monoisotopic (exact) mass is 281 g/mol. The van der Waals surface area contributed by atoms with E-state index in [4.69, 9.17) is 5.11 Å². The number of H-pyrrole nitrogens is 1. The Kier molecular flexibility index (Phi) is 3.12. The average molecular weight is 281 g/mol. The number of carbonyl (C=O) groups excluding carboxylic acids is 1. The molecule has 0 radical (unpaired) electrons. The van der Waals surface area contributed by atoms with Gasteiger partial charge in [0.25, 0.3) is 5.91 Å². The highest BCUT2D eigenvalue weighted by molar-refractivity contribution is 6.05. The van der Waals surface area contributed by atoms with E-state index in [9.17, 15) is 9.59 Å². The highest BCUT2D eigenvalue weighted by Crippen LogP contribution is 2.16. The highest BCUT2D eigenvalue weighted by Gasteiger charge is 2.08. The Morgan fingerprint density at radius 2 is 1.76 bits per heavy atom. The fourth-order valence-electron chi connectivity index (χ4n) is 1.98. The molecule has 0 fully saturated rings. The summed E-state index contributed by atoms with van der Waals surface area (Å²) in [6.45, 7) is 0. The smallest absolute Gasteiger partial charge is 0.335 e. The molecule has 0 saturated heterocycles. The van der Waals surface area contributed by atoms with E-state index in [2.05, 4.69) is 15.3 Å². The van der Waals surface area contributed by atoms with Crippen molar-refractivity contribution in [3.63, 3.8) is 0 Å². The van der Waals surface area contributed by atoms with Crippen molar-refractivity contribution >= 4 is 28.6 Å². The number of carboxylic acid groups (broad SMARTS) is 1. The minimum absolute atomic E-state index is 0.144. The molecule has 3 rings (SSSR count). The van der Waals surface area contributed by atoms with Crippen molar-refractivity contribution in [2.75, 3.05) is 5.32 Å². The molecule has 21 heavy (non-hydrogen) atoms. The summed E-state index contributed by atoms with van der Waals surface area (Å²) in [6, 6.07) is 11.1. The van der Waals surface area contributed by atoms with Crippen LogP contribution in [0.4, 0.5) is 5.69 Å². The van der Waals surface area contributed by atoms with E-state index in [0.29, 0.717) is 11.3 Å². The summed E-state index contributed by atoms with van der Waals surface area (Å²) in [5, 5.41) is 11.6. The third kappa shape index (κ3) is 2.59. The number of aromatic amines is 1. The minimum atomic E-state index is -1.02. The van der Waals surface area contributed by atoms with Crippen LogP contribution in [0.1, 0.15) is 20.7 Å². The zero-order valence-electron chi connectivity index (χ0n) is 10.8. The molecule has 6 heteroatoms. The van der Waals surface area contributed by atoms with Crippen molar-refractivity contribution in [3.8, 4) is 0 Å². The number of benzene rings is 2. The van der Waals surface area contributed by atoms with Gasteiger partial charge in [0, 0.05) is 11.3 Å². The predicted molar refractivity (Wildman–Crippen MR) is 77.4 cm³/mol. The molecule has 3 aromatic rings. The number of aromatic carboxylic acids is 1. The second kappa shape index (κ2) is 5.09. The Morgan fingerprint density at radius 3 is 2.48 bits per heavy atom. The van der Waals surface area contributed by atoms with E-state index >= 15 is 0 Å². The zero-order valence-corrected chi connectivity index (χ0v) is 10.8. The van der Waals surface area contributed by atoms with E-state index in [-0.39, 0.29) is 11.5 Å². The normalized spacial score (nSPS) is 10.5. The van der Waals surface area contributed by atoms with E-state index in [1.54, 1.807) is 24.5 Å². The summed E-state index contributed by atoms with van der Waals surface area (Å²) in [5.41, 5.74) is 2.82. The van der Waals surface area contributed by atoms with Crippen molar-refractivity contribution in [3.05, 3.63) is 59.9 Å². The first kappa shape index (κ1) is 12.9. The summed E-state index contributed by atoms with van der Waals surface area (Å²) < 4.78 is 0. The van der Waals surface area contributed by atoms with Crippen LogP contribution in [0, 0.1) is 0 Å². The summed E-state index contributed by atoms with van der Waals surface area (Å²) in [6.07, 6.45) is 1.58. The molecule has 2 aromatic carbocycles. The van der Waals surface area contributed by atoms with Crippen LogP contribution in [0.15, 0.2) is 48.8 Å². The van der Waals surface area contributed by atoms with Gasteiger partial charge in [0.2, 0.25) is 0 Å². The lowest BCUT2D eigenvalue weighted by Gasteiger charge is -2.05. The SMILES string of the molecule is O=C(O)c1ccc(C(=O)Nc2ccc3nc[nH]c3c2)cc1. The van der Waals surface area contributed by atoms with Crippen LogP contribution in [-0.4, -0.2) is 27.0 Å². The molecule has 0 bridgehead atoms. The Balaban J connectivity index is 1.80. The average Bonchev–Trinajstić information content (AvgIpc) is 2.95. The number of hydrogen-bond donors (Lipinski definition) is 3. The molecule has 0 aliphatic carbocycles. The fourth-order valence-corrected chi connectivity index (χ4v) is 1.98. The summed E-state index contributed by atoms with van der Waals surface area (Å²) in [4.78, 5) is 29.9. The number of carbonyl (C=O) groups is 2. The van der Waals surface area contributed by atoms with Gasteiger partial charge in [0.1, 0.15) is 0 Å². The number of nitrogens with one attached hydrogen (secondary N) is 2. The molecule has 104 valence electrons. The molecule has 1 heterocycles. The summed E-state index contributed by atoms with van der Waals surface area (Å²) >= 11 is 0. The predicted octanol–water partition coefficient (Wildman–Crippen LogP) is 2.51. The molecular weight excluding hydrogens is 270 g/mol. The Bertz CT molecular complexity index is 822. The first-order chi connectivity index (χ1) is 10.1. The van der Waals surface area contributed by atoms with Gasteiger partial charge in [0.15, 0.2) is 0 Å². The van der Waals surface area contributed by atoms with E-state index in [1.807, 2.05) is 0 Å². The van der Waals surface area contributed by atoms with Crippen LogP contribution < -0.4 is 5.32 Å². The van der Waals surface area contributed by atoms with Crippen molar-refractivity contribution in [2.24, 2.45) is 0 Å². The molecule has 3 N–H and O–H groups in total. The lowest BCUT2D eigenvalue weighted by atomic mass is 10.1. The van der Waals surface area contributed by atoms with Gasteiger partial charge in [-0.1, -0.05) is 0 Å². The van der Waals surface area contributed by atoms with Crippen LogP contribution >= 0.6 is 0 Å². The first-order valence-electron chi connectivity index (χ1n) is 6.21. The topological polar surface area (TPSA) is 95.1 Å². The molecular formula is C15H11N3O3. The van der Waals surface area contributed by atoms with Crippen LogP contribution in [0.5, 0.6) is 0 Å². The second-order valence-corrected chi connectivity index (χ2v) is 4.47. The molecule has 0 saturated carbocycles. The molecule has 1 aromatic heterocycles. The number of rotatable bonds is 3. The van der Waals surface area contributed by atoms with Crippen LogP contribution in [-0.2, 0) is 0 Å². The van der Waals surface area contributed by atoms with Gasteiger partial charge in [-0.3, -0.25) is 4.79 Å². The number of imidazole rings is 1. The number of nitrogens with zero attached hydrogens (tertiary/aromatic N) is 1. The van der Waals surface area contributed by atoms with E-state index in [0.717, 1.165) is 11.0 Å². The molecule has 0 spiro atoms. The second-order valence-electron chi connectivity index (χ2n) is 4.47.